The lowest BCUT2D eigenvalue weighted by atomic mass is 10.1. The van der Waals surface area contributed by atoms with Crippen molar-refractivity contribution in [1.82, 2.24) is 4.98 Å². The Morgan fingerprint density at radius 1 is 1.26 bits per heavy atom. The van der Waals surface area contributed by atoms with Crippen molar-refractivity contribution in [1.29, 1.82) is 0 Å². The van der Waals surface area contributed by atoms with Gasteiger partial charge >= 0.3 is 0 Å². The highest BCUT2D eigenvalue weighted by Crippen LogP contribution is 2.27. The monoisotopic (exact) mass is 315 g/mol. The fourth-order valence-corrected chi connectivity index (χ4v) is 2.54. The molecule has 2 amide bonds. The van der Waals surface area contributed by atoms with Crippen LogP contribution in [0.15, 0.2) is 47.5 Å². The lowest BCUT2D eigenvalue weighted by Crippen LogP contribution is -2.29. The summed E-state index contributed by atoms with van der Waals surface area (Å²) < 4.78 is 13.8. The van der Waals surface area contributed by atoms with Crippen molar-refractivity contribution in [3.8, 4) is 0 Å². The Kier molecular flexibility index (Phi) is 3.92. The summed E-state index contributed by atoms with van der Waals surface area (Å²) in [5.41, 5.74) is -0.0490. The fraction of sp³-hybridized carbons (Fsp3) is 0.188. The third-order valence-corrected chi connectivity index (χ3v) is 3.72. The number of halogens is 1. The number of nitrogens with zero attached hydrogens (tertiary/aromatic N) is 1. The number of carbonyl (C=O) groups excluding carboxylic acids is 2. The third kappa shape index (κ3) is 2.98. The summed E-state index contributed by atoms with van der Waals surface area (Å²) in [7, 11) is 0. The number of hydrogen-bond acceptors (Lipinski definition) is 3. The van der Waals surface area contributed by atoms with Crippen LogP contribution in [0.25, 0.3) is 0 Å². The van der Waals surface area contributed by atoms with Crippen LogP contribution < -0.4 is 15.6 Å². The Morgan fingerprint density at radius 2 is 2.04 bits per heavy atom. The molecule has 1 aromatic carbocycles. The first-order valence-electron chi connectivity index (χ1n) is 7.09. The van der Waals surface area contributed by atoms with Crippen LogP contribution in [0, 0.1) is 11.7 Å². The number of aromatic nitrogens is 1. The van der Waals surface area contributed by atoms with E-state index in [-0.39, 0.29) is 35.7 Å². The molecule has 2 N–H and O–H groups in total. The van der Waals surface area contributed by atoms with Crippen LogP contribution in [0.3, 0.4) is 0 Å². The second-order valence-corrected chi connectivity index (χ2v) is 5.27. The number of carbonyl (C=O) groups is 2. The fourth-order valence-electron chi connectivity index (χ4n) is 2.54. The highest BCUT2D eigenvalue weighted by atomic mass is 19.1. The summed E-state index contributed by atoms with van der Waals surface area (Å²) in [5, 5.41) is 2.50. The van der Waals surface area contributed by atoms with E-state index in [1.807, 2.05) is 0 Å². The second kappa shape index (κ2) is 6.04. The van der Waals surface area contributed by atoms with E-state index in [1.165, 1.54) is 41.6 Å². The molecule has 0 radical (unpaired) electrons. The van der Waals surface area contributed by atoms with Crippen molar-refractivity contribution < 1.29 is 14.0 Å². The highest BCUT2D eigenvalue weighted by Gasteiger charge is 2.36. The number of hydrogen-bond donors (Lipinski definition) is 2. The van der Waals surface area contributed by atoms with Crippen LogP contribution >= 0.6 is 0 Å². The number of para-hydroxylation sites is 1. The van der Waals surface area contributed by atoms with Crippen LogP contribution in [0.5, 0.6) is 0 Å². The first-order valence-corrected chi connectivity index (χ1v) is 7.09. The normalized spacial score (nSPS) is 17.3. The molecule has 0 bridgehead atoms. The molecule has 3 rings (SSSR count). The third-order valence-electron chi connectivity index (χ3n) is 3.72. The number of rotatable bonds is 3. The number of nitrogens with one attached hydrogen (secondary N) is 2. The number of pyridine rings is 1. The highest BCUT2D eigenvalue weighted by molar-refractivity contribution is 6.03. The van der Waals surface area contributed by atoms with Crippen LogP contribution in [-0.2, 0) is 9.59 Å². The molecule has 23 heavy (non-hydrogen) atoms. The number of anilines is 2. The number of H-pyrrole nitrogens is 1. The molecule has 0 spiro atoms. The first kappa shape index (κ1) is 15.0. The first-order chi connectivity index (χ1) is 11.1. The van der Waals surface area contributed by atoms with E-state index in [9.17, 15) is 18.8 Å². The molecular formula is C16H14FN3O3. The van der Waals surface area contributed by atoms with E-state index >= 15 is 0 Å². The summed E-state index contributed by atoms with van der Waals surface area (Å²) >= 11 is 0. The van der Waals surface area contributed by atoms with Gasteiger partial charge in [0.2, 0.25) is 17.2 Å². The maximum atomic E-state index is 13.8. The zero-order valence-corrected chi connectivity index (χ0v) is 12.1. The molecule has 1 aromatic heterocycles. The standard InChI is InChI=1S/C16H14FN3O3/c17-11-3-1-2-4-13(11)20-9-10(7-15(20)22)16(23)19-12-8-18-6-5-14(12)21/h1-6,8,10H,7,9H2,(H,18,21)(H,19,23)/t10-/m0/s1. The molecule has 2 heterocycles. The summed E-state index contributed by atoms with van der Waals surface area (Å²) in [5.74, 6) is -1.91. The molecule has 1 saturated heterocycles. The van der Waals surface area contributed by atoms with Gasteiger partial charge in [-0.3, -0.25) is 14.4 Å². The van der Waals surface area contributed by atoms with Gasteiger partial charge in [-0.1, -0.05) is 12.1 Å². The number of benzene rings is 1. The van der Waals surface area contributed by atoms with Crippen LogP contribution in [0.4, 0.5) is 15.8 Å². The Balaban J connectivity index is 1.75. The van der Waals surface area contributed by atoms with Crippen molar-refractivity contribution in [3.63, 3.8) is 0 Å². The number of aromatic amines is 1. The lowest BCUT2D eigenvalue weighted by molar-refractivity contribution is -0.122. The Bertz CT molecular complexity index is 818. The van der Waals surface area contributed by atoms with Crippen molar-refractivity contribution in [2.24, 2.45) is 5.92 Å². The number of amides is 2. The largest absolute Gasteiger partial charge is 0.366 e. The summed E-state index contributed by atoms with van der Waals surface area (Å²) in [4.78, 5) is 39.9. The zero-order valence-electron chi connectivity index (χ0n) is 12.1. The van der Waals surface area contributed by atoms with Crippen LogP contribution in [0.1, 0.15) is 6.42 Å². The smallest absolute Gasteiger partial charge is 0.229 e. The molecule has 1 aliphatic heterocycles. The minimum Gasteiger partial charge on any atom is -0.366 e. The predicted octanol–water partition coefficient (Wildman–Crippen LogP) is 1.51. The Labute approximate surface area is 130 Å². The molecule has 1 fully saturated rings. The van der Waals surface area contributed by atoms with Gasteiger partial charge in [0.15, 0.2) is 0 Å². The van der Waals surface area contributed by atoms with Gasteiger partial charge < -0.3 is 15.2 Å². The maximum absolute atomic E-state index is 13.8. The molecule has 6 nitrogen and oxygen atoms in total. The van der Waals surface area contributed by atoms with E-state index in [4.69, 9.17) is 0 Å². The van der Waals surface area contributed by atoms with E-state index in [2.05, 4.69) is 10.3 Å². The van der Waals surface area contributed by atoms with E-state index in [0.717, 1.165) is 0 Å². The average molecular weight is 315 g/mol. The van der Waals surface area contributed by atoms with Gasteiger partial charge in [-0.15, -0.1) is 0 Å². The molecule has 1 aliphatic rings. The molecule has 0 saturated carbocycles. The Hall–Kier alpha value is -2.96. The van der Waals surface area contributed by atoms with E-state index in [0.29, 0.717) is 0 Å². The summed E-state index contributed by atoms with van der Waals surface area (Å²) in [6.45, 7) is 0.0797. The van der Waals surface area contributed by atoms with Crippen molar-refractivity contribution in [2.75, 3.05) is 16.8 Å². The zero-order chi connectivity index (χ0) is 16.4. The minimum absolute atomic E-state index is 0.0229. The molecule has 1 atom stereocenters. The molecular weight excluding hydrogens is 301 g/mol. The van der Waals surface area contributed by atoms with Crippen molar-refractivity contribution in [2.45, 2.75) is 6.42 Å². The van der Waals surface area contributed by atoms with Gasteiger partial charge in [0.05, 0.1) is 11.6 Å². The molecule has 2 aromatic rings. The van der Waals surface area contributed by atoms with Crippen LogP contribution in [-0.4, -0.2) is 23.3 Å². The molecule has 118 valence electrons. The van der Waals surface area contributed by atoms with Gasteiger partial charge in [-0.05, 0) is 12.1 Å². The van der Waals surface area contributed by atoms with Crippen molar-refractivity contribution in [3.05, 3.63) is 58.8 Å². The van der Waals surface area contributed by atoms with Gasteiger partial charge in [0.25, 0.3) is 0 Å². The van der Waals surface area contributed by atoms with Crippen molar-refractivity contribution >= 4 is 23.2 Å². The van der Waals surface area contributed by atoms with Crippen LogP contribution in [0.2, 0.25) is 0 Å². The lowest BCUT2D eigenvalue weighted by Gasteiger charge is -2.17. The summed E-state index contributed by atoms with van der Waals surface area (Å²) in [6, 6.07) is 7.21. The second-order valence-electron chi connectivity index (χ2n) is 5.27. The van der Waals surface area contributed by atoms with Gasteiger partial charge in [-0.25, -0.2) is 4.39 Å². The Morgan fingerprint density at radius 3 is 2.78 bits per heavy atom. The van der Waals surface area contributed by atoms with E-state index < -0.39 is 17.6 Å². The minimum atomic E-state index is -0.637. The summed E-state index contributed by atoms with van der Waals surface area (Å²) in [6.07, 6.45) is 2.81. The molecule has 0 aliphatic carbocycles. The van der Waals surface area contributed by atoms with E-state index in [1.54, 1.807) is 6.07 Å². The maximum Gasteiger partial charge on any atom is 0.229 e. The molecule has 0 unspecified atom stereocenters. The van der Waals surface area contributed by atoms with Gasteiger partial charge in [0, 0.05) is 31.4 Å². The molecule has 7 heteroatoms. The quantitative estimate of drug-likeness (QED) is 0.900. The average Bonchev–Trinajstić information content (AvgIpc) is 2.92. The predicted molar refractivity (Wildman–Crippen MR) is 82.6 cm³/mol. The van der Waals surface area contributed by atoms with Gasteiger partial charge in [-0.2, -0.15) is 0 Å². The topological polar surface area (TPSA) is 82.3 Å². The SMILES string of the molecule is O=C(Nc1c[nH]ccc1=O)[C@H]1CC(=O)N(c2ccccc2F)C1. The van der Waals surface area contributed by atoms with Gasteiger partial charge in [0.1, 0.15) is 11.5 Å².